The number of pyridine rings is 1. The SMILES string of the molecule is CC(C)Nc1cccc(C(=O)Oc2cc(Br)ccc2Cl)n1. The van der Waals surface area contributed by atoms with Crippen molar-refractivity contribution in [2.45, 2.75) is 19.9 Å². The molecule has 0 saturated carbocycles. The number of esters is 1. The monoisotopic (exact) mass is 368 g/mol. The van der Waals surface area contributed by atoms with E-state index in [1.54, 1.807) is 36.4 Å². The summed E-state index contributed by atoms with van der Waals surface area (Å²) < 4.78 is 6.06. The molecule has 110 valence electrons. The van der Waals surface area contributed by atoms with Gasteiger partial charge in [0.1, 0.15) is 5.82 Å². The lowest BCUT2D eigenvalue weighted by molar-refractivity contribution is 0.0729. The second-order valence-electron chi connectivity index (χ2n) is 4.67. The molecule has 0 fully saturated rings. The first-order valence-electron chi connectivity index (χ1n) is 6.36. The Labute approximate surface area is 136 Å². The van der Waals surface area contributed by atoms with Crippen molar-refractivity contribution < 1.29 is 9.53 Å². The third kappa shape index (κ3) is 4.44. The van der Waals surface area contributed by atoms with Gasteiger partial charge in [0.05, 0.1) is 5.02 Å². The van der Waals surface area contributed by atoms with Gasteiger partial charge in [-0.05, 0) is 44.2 Å². The van der Waals surface area contributed by atoms with Gasteiger partial charge >= 0.3 is 5.97 Å². The quantitative estimate of drug-likeness (QED) is 0.635. The third-order valence-electron chi connectivity index (χ3n) is 2.49. The van der Waals surface area contributed by atoms with Gasteiger partial charge < -0.3 is 10.1 Å². The summed E-state index contributed by atoms with van der Waals surface area (Å²) in [7, 11) is 0. The molecule has 1 heterocycles. The number of nitrogens with zero attached hydrogens (tertiary/aromatic N) is 1. The van der Waals surface area contributed by atoms with Crippen molar-refractivity contribution in [2.24, 2.45) is 0 Å². The second kappa shape index (κ2) is 6.91. The number of ether oxygens (including phenoxy) is 1. The fraction of sp³-hybridized carbons (Fsp3) is 0.200. The van der Waals surface area contributed by atoms with Crippen LogP contribution in [0.25, 0.3) is 0 Å². The molecule has 0 amide bonds. The lowest BCUT2D eigenvalue weighted by Gasteiger charge is -2.10. The molecule has 0 atom stereocenters. The number of benzene rings is 1. The number of anilines is 1. The van der Waals surface area contributed by atoms with Gasteiger partial charge in [-0.25, -0.2) is 9.78 Å². The first-order chi connectivity index (χ1) is 9.95. The van der Waals surface area contributed by atoms with E-state index >= 15 is 0 Å². The fourth-order valence-corrected chi connectivity index (χ4v) is 2.13. The summed E-state index contributed by atoms with van der Waals surface area (Å²) in [4.78, 5) is 16.3. The molecule has 0 bridgehead atoms. The number of aromatic nitrogens is 1. The maximum Gasteiger partial charge on any atom is 0.362 e. The summed E-state index contributed by atoms with van der Waals surface area (Å²) in [6.07, 6.45) is 0. The average Bonchev–Trinajstić information content (AvgIpc) is 2.42. The van der Waals surface area contributed by atoms with E-state index < -0.39 is 5.97 Å². The van der Waals surface area contributed by atoms with Crippen LogP contribution >= 0.6 is 27.5 Å². The van der Waals surface area contributed by atoms with E-state index in [1.807, 2.05) is 13.8 Å². The van der Waals surface area contributed by atoms with Crippen LogP contribution in [0.4, 0.5) is 5.82 Å². The average molecular weight is 370 g/mol. The van der Waals surface area contributed by atoms with Gasteiger partial charge in [-0.1, -0.05) is 33.6 Å². The van der Waals surface area contributed by atoms with Crippen LogP contribution in [0.3, 0.4) is 0 Å². The maximum absolute atomic E-state index is 12.1. The Balaban J connectivity index is 2.18. The summed E-state index contributed by atoms with van der Waals surface area (Å²) in [5.41, 5.74) is 0.219. The largest absolute Gasteiger partial charge is 0.420 e. The molecule has 0 radical (unpaired) electrons. The lowest BCUT2D eigenvalue weighted by atomic mass is 10.3. The van der Waals surface area contributed by atoms with Gasteiger partial charge in [-0.2, -0.15) is 0 Å². The van der Waals surface area contributed by atoms with E-state index in [0.717, 1.165) is 4.47 Å². The molecule has 0 unspecified atom stereocenters. The fourth-order valence-electron chi connectivity index (χ4n) is 1.63. The minimum atomic E-state index is -0.553. The van der Waals surface area contributed by atoms with Crippen molar-refractivity contribution in [1.82, 2.24) is 4.98 Å². The summed E-state index contributed by atoms with van der Waals surface area (Å²) in [5, 5.41) is 3.50. The zero-order valence-corrected chi connectivity index (χ0v) is 13.9. The number of hydrogen-bond donors (Lipinski definition) is 1. The molecule has 1 aromatic carbocycles. The standard InChI is InChI=1S/C15H14BrClN2O2/c1-9(2)18-14-5-3-4-12(19-14)15(20)21-13-8-10(16)6-7-11(13)17/h3-9H,1-2H3,(H,18,19). The highest BCUT2D eigenvalue weighted by Crippen LogP contribution is 2.28. The molecule has 4 nitrogen and oxygen atoms in total. The highest BCUT2D eigenvalue weighted by atomic mass is 79.9. The highest BCUT2D eigenvalue weighted by Gasteiger charge is 2.13. The van der Waals surface area contributed by atoms with Gasteiger partial charge in [0.25, 0.3) is 0 Å². The Hall–Kier alpha value is -1.59. The predicted molar refractivity (Wildman–Crippen MR) is 87.1 cm³/mol. The molecule has 0 saturated heterocycles. The minimum absolute atomic E-state index is 0.219. The number of nitrogens with one attached hydrogen (secondary N) is 1. The Morgan fingerprint density at radius 1 is 1.33 bits per heavy atom. The Kier molecular flexibility index (Phi) is 5.20. The lowest BCUT2D eigenvalue weighted by Crippen LogP contribution is -2.15. The molecule has 1 N–H and O–H groups in total. The van der Waals surface area contributed by atoms with Crippen molar-refractivity contribution >= 4 is 39.3 Å². The van der Waals surface area contributed by atoms with Crippen LogP contribution in [0.1, 0.15) is 24.3 Å². The zero-order chi connectivity index (χ0) is 15.4. The minimum Gasteiger partial charge on any atom is -0.420 e. The van der Waals surface area contributed by atoms with Crippen LogP contribution in [0.15, 0.2) is 40.9 Å². The van der Waals surface area contributed by atoms with Gasteiger partial charge in [-0.3, -0.25) is 0 Å². The normalized spacial score (nSPS) is 10.5. The van der Waals surface area contributed by atoms with Gasteiger partial charge in [0, 0.05) is 10.5 Å². The smallest absolute Gasteiger partial charge is 0.362 e. The van der Waals surface area contributed by atoms with Crippen molar-refractivity contribution in [1.29, 1.82) is 0 Å². The Morgan fingerprint density at radius 3 is 2.81 bits per heavy atom. The first-order valence-corrected chi connectivity index (χ1v) is 7.53. The molecular weight excluding hydrogens is 356 g/mol. The molecule has 0 aliphatic rings. The number of carbonyl (C=O) groups is 1. The molecule has 2 rings (SSSR count). The van der Waals surface area contributed by atoms with Crippen molar-refractivity contribution in [3.63, 3.8) is 0 Å². The van der Waals surface area contributed by atoms with Crippen molar-refractivity contribution in [2.75, 3.05) is 5.32 Å². The molecular formula is C15H14BrClN2O2. The molecule has 21 heavy (non-hydrogen) atoms. The highest BCUT2D eigenvalue weighted by molar-refractivity contribution is 9.10. The molecule has 6 heteroatoms. The van der Waals surface area contributed by atoms with E-state index in [9.17, 15) is 4.79 Å². The number of rotatable bonds is 4. The first kappa shape index (κ1) is 15.8. The third-order valence-corrected chi connectivity index (χ3v) is 3.30. The van der Waals surface area contributed by atoms with Crippen LogP contribution in [0.5, 0.6) is 5.75 Å². The van der Waals surface area contributed by atoms with Crippen LogP contribution in [-0.2, 0) is 0 Å². The van der Waals surface area contributed by atoms with E-state index in [4.69, 9.17) is 16.3 Å². The topological polar surface area (TPSA) is 51.2 Å². The molecule has 0 spiro atoms. The van der Waals surface area contributed by atoms with Crippen LogP contribution in [0.2, 0.25) is 5.02 Å². The summed E-state index contributed by atoms with van der Waals surface area (Å²) >= 11 is 9.30. The molecule has 0 aliphatic carbocycles. The summed E-state index contributed by atoms with van der Waals surface area (Å²) in [5.74, 6) is 0.363. The molecule has 2 aromatic rings. The Morgan fingerprint density at radius 2 is 2.10 bits per heavy atom. The van der Waals surface area contributed by atoms with Gasteiger partial charge in [0.15, 0.2) is 11.4 Å². The number of hydrogen-bond acceptors (Lipinski definition) is 4. The van der Waals surface area contributed by atoms with Crippen molar-refractivity contribution in [3.05, 3.63) is 51.6 Å². The van der Waals surface area contributed by atoms with E-state index in [2.05, 4.69) is 26.2 Å². The molecule has 0 aliphatic heterocycles. The number of halogens is 2. The maximum atomic E-state index is 12.1. The summed E-state index contributed by atoms with van der Waals surface area (Å²) in [6.45, 7) is 3.99. The van der Waals surface area contributed by atoms with Crippen LogP contribution < -0.4 is 10.1 Å². The van der Waals surface area contributed by atoms with Crippen molar-refractivity contribution in [3.8, 4) is 5.75 Å². The van der Waals surface area contributed by atoms with Crippen LogP contribution in [0, 0.1) is 0 Å². The van der Waals surface area contributed by atoms with Gasteiger partial charge in [0.2, 0.25) is 0 Å². The Bertz CT molecular complexity index is 662. The van der Waals surface area contributed by atoms with E-state index in [-0.39, 0.29) is 11.7 Å². The number of carbonyl (C=O) groups excluding carboxylic acids is 1. The van der Waals surface area contributed by atoms with Gasteiger partial charge in [-0.15, -0.1) is 0 Å². The predicted octanol–water partition coefficient (Wildman–Crippen LogP) is 4.54. The molecule has 1 aromatic heterocycles. The zero-order valence-electron chi connectivity index (χ0n) is 11.6. The summed E-state index contributed by atoms with van der Waals surface area (Å²) in [6, 6.07) is 10.4. The van der Waals surface area contributed by atoms with E-state index in [1.165, 1.54) is 0 Å². The second-order valence-corrected chi connectivity index (χ2v) is 5.99. The van der Waals surface area contributed by atoms with Crippen LogP contribution in [-0.4, -0.2) is 17.0 Å². The van der Waals surface area contributed by atoms with E-state index in [0.29, 0.717) is 16.6 Å².